The molecule has 1 aromatic heterocycles. The fraction of sp³-hybridized carbons (Fsp3) is 0.286. The van der Waals surface area contributed by atoms with Crippen LogP contribution in [0.2, 0.25) is 0 Å². The van der Waals surface area contributed by atoms with E-state index in [2.05, 4.69) is 10.3 Å². The largest absolute Gasteiger partial charge is 0.505 e. The molecule has 0 saturated heterocycles. The summed E-state index contributed by atoms with van der Waals surface area (Å²) in [4.78, 5) is 15.8. The van der Waals surface area contributed by atoms with Gasteiger partial charge in [-0.25, -0.2) is 4.98 Å². The highest BCUT2D eigenvalue weighted by atomic mass is 16.3. The van der Waals surface area contributed by atoms with E-state index in [0.717, 1.165) is 19.4 Å². The van der Waals surface area contributed by atoms with Crippen LogP contribution >= 0.6 is 0 Å². The number of carbonyl (C=O) groups excluding carboxylic acids is 1. The maximum absolute atomic E-state index is 11.9. The van der Waals surface area contributed by atoms with Crippen LogP contribution in [0.3, 0.4) is 0 Å². The zero-order chi connectivity index (χ0) is 14.4. The monoisotopic (exact) mass is 274 g/mol. The number of amides is 1. The number of aromatic nitrogens is 2. The Balaban J connectivity index is 1.74. The van der Waals surface area contributed by atoms with Gasteiger partial charge < -0.3 is 20.7 Å². The molecule has 0 atom stereocenters. The summed E-state index contributed by atoms with van der Waals surface area (Å²) in [6.07, 6.45) is 7.21. The molecule has 6 heteroatoms. The lowest BCUT2D eigenvalue weighted by Gasteiger charge is -2.08. The molecule has 106 valence electrons. The number of hydrogen-bond donors (Lipinski definition) is 3. The number of anilines is 1. The first-order valence-electron chi connectivity index (χ1n) is 6.50. The zero-order valence-corrected chi connectivity index (χ0v) is 11.1. The molecule has 0 saturated carbocycles. The van der Waals surface area contributed by atoms with E-state index in [1.54, 1.807) is 30.7 Å². The highest BCUT2D eigenvalue weighted by Crippen LogP contribution is 2.23. The average Bonchev–Trinajstić information content (AvgIpc) is 2.94. The van der Waals surface area contributed by atoms with Gasteiger partial charge in [0.25, 0.3) is 5.91 Å². The summed E-state index contributed by atoms with van der Waals surface area (Å²) in [5, 5.41) is 12.5. The zero-order valence-electron chi connectivity index (χ0n) is 11.1. The minimum absolute atomic E-state index is 0.164. The van der Waals surface area contributed by atoms with Gasteiger partial charge in [0.1, 0.15) is 0 Å². The minimum Gasteiger partial charge on any atom is -0.505 e. The second kappa shape index (κ2) is 6.60. The third-order valence-corrected chi connectivity index (χ3v) is 3.00. The number of carbonyl (C=O) groups is 1. The molecule has 0 fully saturated rings. The fourth-order valence-electron chi connectivity index (χ4n) is 1.88. The van der Waals surface area contributed by atoms with Crippen LogP contribution in [-0.2, 0) is 6.54 Å². The molecule has 1 heterocycles. The van der Waals surface area contributed by atoms with Gasteiger partial charge in [0.15, 0.2) is 5.75 Å². The first kappa shape index (κ1) is 13.9. The highest BCUT2D eigenvalue weighted by molar-refractivity contribution is 5.98. The maximum atomic E-state index is 11.9. The summed E-state index contributed by atoms with van der Waals surface area (Å²) in [5.41, 5.74) is 5.96. The SMILES string of the molecule is Nc1cccc(C(=O)NCCCCn2ccnc2)c1O. The van der Waals surface area contributed by atoms with E-state index >= 15 is 0 Å². The van der Waals surface area contributed by atoms with Gasteiger partial charge in [-0.15, -0.1) is 0 Å². The Hall–Kier alpha value is -2.50. The molecule has 0 radical (unpaired) electrons. The third-order valence-electron chi connectivity index (χ3n) is 3.00. The number of phenols is 1. The molecule has 6 nitrogen and oxygen atoms in total. The maximum Gasteiger partial charge on any atom is 0.255 e. The topological polar surface area (TPSA) is 93.2 Å². The van der Waals surface area contributed by atoms with E-state index in [1.807, 2.05) is 10.8 Å². The van der Waals surface area contributed by atoms with Crippen molar-refractivity contribution in [2.45, 2.75) is 19.4 Å². The van der Waals surface area contributed by atoms with Crippen LogP contribution in [0.15, 0.2) is 36.9 Å². The molecule has 0 unspecified atom stereocenters. The highest BCUT2D eigenvalue weighted by Gasteiger charge is 2.11. The van der Waals surface area contributed by atoms with Gasteiger partial charge in [0, 0.05) is 25.5 Å². The van der Waals surface area contributed by atoms with Crippen molar-refractivity contribution in [2.75, 3.05) is 12.3 Å². The number of imidazole rings is 1. The van der Waals surface area contributed by atoms with Gasteiger partial charge in [-0.2, -0.15) is 0 Å². The first-order chi connectivity index (χ1) is 9.68. The van der Waals surface area contributed by atoms with E-state index in [0.29, 0.717) is 6.54 Å². The van der Waals surface area contributed by atoms with Gasteiger partial charge in [0.05, 0.1) is 17.6 Å². The molecule has 2 aromatic rings. The molecule has 0 spiro atoms. The second-order valence-electron chi connectivity index (χ2n) is 4.51. The van der Waals surface area contributed by atoms with Gasteiger partial charge in [-0.05, 0) is 25.0 Å². The number of hydrogen-bond acceptors (Lipinski definition) is 4. The predicted molar refractivity (Wildman–Crippen MR) is 76.3 cm³/mol. The van der Waals surface area contributed by atoms with Crippen molar-refractivity contribution in [3.05, 3.63) is 42.5 Å². The lowest BCUT2D eigenvalue weighted by molar-refractivity contribution is 0.0950. The van der Waals surface area contributed by atoms with E-state index in [9.17, 15) is 9.90 Å². The number of unbranched alkanes of at least 4 members (excludes halogenated alkanes) is 1. The molecular weight excluding hydrogens is 256 g/mol. The number of rotatable bonds is 6. The van der Waals surface area contributed by atoms with Crippen molar-refractivity contribution in [3.8, 4) is 5.75 Å². The van der Waals surface area contributed by atoms with Gasteiger partial charge in [0.2, 0.25) is 0 Å². The first-order valence-corrected chi connectivity index (χ1v) is 6.50. The van der Waals surface area contributed by atoms with Crippen molar-refractivity contribution in [1.29, 1.82) is 0 Å². The minimum atomic E-state index is -0.308. The van der Waals surface area contributed by atoms with Crippen LogP contribution in [0.1, 0.15) is 23.2 Å². The van der Waals surface area contributed by atoms with E-state index in [4.69, 9.17) is 5.73 Å². The Morgan fingerprint density at radius 2 is 2.25 bits per heavy atom. The Labute approximate surface area is 117 Å². The van der Waals surface area contributed by atoms with Crippen LogP contribution < -0.4 is 11.1 Å². The summed E-state index contributed by atoms with van der Waals surface area (Å²) in [6, 6.07) is 4.74. The molecule has 20 heavy (non-hydrogen) atoms. The summed E-state index contributed by atoms with van der Waals surface area (Å²) in [5.74, 6) is -0.471. The van der Waals surface area contributed by atoms with Crippen LogP contribution in [-0.4, -0.2) is 27.1 Å². The summed E-state index contributed by atoms with van der Waals surface area (Å²) < 4.78 is 1.99. The summed E-state index contributed by atoms with van der Waals surface area (Å²) in [6.45, 7) is 1.43. The number of nitrogen functional groups attached to an aromatic ring is 1. The molecule has 2 rings (SSSR count). The molecule has 1 aromatic carbocycles. The van der Waals surface area contributed by atoms with Crippen molar-refractivity contribution in [1.82, 2.24) is 14.9 Å². The Kier molecular flexibility index (Phi) is 4.60. The van der Waals surface area contributed by atoms with Gasteiger partial charge in [-0.3, -0.25) is 4.79 Å². The van der Waals surface area contributed by atoms with Crippen LogP contribution in [0.25, 0.3) is 0 Å². The number of aromatic hydroxyl groups is 1. The van der Waals surface area contributed by atoms with Crippen molar-refractivity contribution in [2.24, 2.45) is 0 Å². The van der Waals surface area contributed by atoms with E-state index in [-0.39, 0.29) is 22.9 Å². The molecule has 0 aliphatic rings. The smallest absolute Gasteiger partial charge is 0.255 e. The summed E-state index contributed by atoms with van der Waals surface area (Å²) >= 11 is 0. The van der Waals surface area contributed by atoms with Gasteiger partial charge in [-0.1, -0.05) is 6.07 Å². The molecule has 0 aliphatic carbocycles. The molecule has 0 aliphatic heterocycles. The third kappa shape index (κ3) is 3.50. The molecule has 4 N–H and O–H groups in total. The lowest BCUT2D eigenvalue weighted by atomic mass is 10.1. The van der Waals surface area contributed by atoms with Crippen LogP contribution in [0.4, 0.5) is 5.69 Å². The Bertz CT molecular complexity index is 567. The lowest BCUT2D eigenvalue weighted by Crippen LogP contribution is -2.24. The second-order valence-corrected chi connectivity index (χ2v) is 4.51. The quantitative estimate of drug-likeness (QED) is 0.421. The number of nitrogens with two attached hydrogens (primary N) is 1. The average molecular weight is 274 g/mol. The van der Waals surface area contributed by atoms with Gasteiger partial charge >= 0.3 is 0 Å². The molecule has 0 bridgehead atoms. The number of phenolic OH excluding ortho intramolecular Hbond substituents is 1. The standard InChI is InChI=1S/C14H18N4O2/c15-12-5-3-4-11(13(12)19)14(20)17-6-1-2-8-18-9-7-16-10-18/h3-5,7,9-10,19H,1-2,6,8,15H2,(H,17,20). The molecular formula is C14H18N4O2. The Morgan fingerprint density at radius 1 is 1.40 bits per heavy atom. The number of nitrogens with zero attached hydrogens (tertiary/aromatic N) is 2. The number of aryl methyl sites for hydroxylation is 1. The normalized spacial score (nSPS) is 10.4. The predicted octanol–water partition coefficient (Wildman–Crippen LogP) is 1.38. The van der Waals surface area contributed by atoms with Crippen molar-refractivity contribution in [3.63, 3.8) is 0 Å². The number of benzene rings is 1. The molecule has 1 amide bonds. The van der Waals surface area contributed by atoms with E-state index < -0.39 is 0 Å². The Morgan fingerprint density at radius 3 is 3.00 bits per heavy atom. The number of nitrogens with one attached hydrogen (secondary N) is 1. The van der Waals surface area contributed by atoms with Crippen molar-refractivity contribution < 1.29 is 9.90 Å². The van der Waals surface area contributed by atoms with E-state index in [1.165, 1.54) is 0 Å². The fourth-order valence-corrected chi connectivity index (χ4v) is 1.88. The van der Waals surface area contributed by atoms with Crippen LogP contribution in [0, 0.1) is 0 Å². The van der Waals surface area contributed by atoms with Crippen molar-refractivity contribution >= 4 is 11.6 Å². The number of para-hydroxylation sites is 1. The van der Waals surface area contributed by atoms with Crippen LogP contribution in [0.5, 0.6) is 5.75 Å². The summed E-state index contributed by atoms with van der Waals surface area (Å²) in [7, 11) is 0.